The van der Waals surface area contributed by atoms with Gasteiger partial charge in [-0.25, -0.2) is 0 Å². The van der Waals surface area contributed by atoms with Gasteiger partial charge in [0.1, 0.15) is 5.60 Å². The molecule has 0 aliphatic carbocycles. The Morgan fingerprint density at radius 3 is 1.90 bits per heavy atom. The summed E-state index contributed by atoms with van der Waals surface area (Å²) in [5, 5.41) is 20.9. The number of nitrogens with zero attached hydrogens (tertiary/aromatic N) is 1. The quantitative estimate of drug-likeness (QED) is 0.358. The van der Waals surface area contributed by atoms with Gasteiger partial charge < -0.3 is 10.3 Å². The maximum absolute atomic E-state index is 9.61. The van der Waals surface area contributed by atoms with E-state index in [9.17, 15) is 5.11 Å². The average molecular weight is 145 g/mol. The van der Waals surface area contributed by atoms with Gasteiger partial charge >= 0.3 is 0 Å². The molecule has 0 fully saturated rings. The summed E-state index contributed by atoms with van der Waals surface area (Å²) < 4.78 is 0. The van der Waals surface area contributed by atoms with Gasteiger partial charge in [0.15, 0.2) is 0 Å². The zero-order valence-corrected chi connectivity index (χ0v) is 6.76. The molecule has 10 heavy (non-hydrogen) atoms. The Bertz CT molecular complexity index is 128. The third-order valence-corrected chi connectivity index (χ3v) is 1.99. The van der Waals surface area contributed by atoms with Crippen molar-refractivity contribution in [1.82, 2.24) is 0 Å². The van der Waals surface area contributed by atoms with Crippen LogP contribution in [0.1, 0.15) is 33.6 Å². The molecule has 0 aliphatic heterocycles. The van der Waals surface area contributed by atoms with Crippen LogP contribution < -0.4 is 0 Å². The van der Waals surface area contributed by atoms with Crippen LogP contribution in [0.4, 0.5) is 0 Å². The Kier molecular flexibility index (Phi) is 3.36. The Morgan fingerprint density at radius 2 is 1.80 bits per heavy atom. The van der Waals surface area contributed by atoms with Gasteiger partial charge in [-0.3, -0.25) is 0 Å². The molecule has 0 aromatic rings. The first-order chi connectivity index (χ1) is 4.60. The van der Waals surface area contributed by atoms with Gasteiger partial charge in [0.05, 0.1) is 5.71 Å². The Morgan fingerprint density at radius 1 is 1.40 bits per heavy atom. The van der Waals surface area contributed by atoms with Gasteiger partial charge in [0.2, 0.25) is 0 Å². The highest BCUT2D eigenvalue weighted by atomic mass is 16.4. The van der Waals surface area contributed by atoms with Crippen LogP contribution in [-0.4, -0.2) is 21.6 Å². The number of oxime groups is 1. The summed E-state index contributed by atoms with van der Waals surface area (Å²) in [6, 6.07) is 0. The highest BCUT2D eigenvalue weighted by molar-refractivity contribution is 5.89. The summed E-state index contributed by atoms with van der Waals surface area (Å²) in [7, 11) is 0. The van der Waals surface area contributed by atoms with Crippen molar-refractivity contribution >= 4 is 5.71 Å². The van der Waals surface area contributed by atoms with Crippen LogP contribution in [0.25, 0.3) is 0 Å². The molecule has 0 rings (SSSR count). The highest BCUT2D eigenvalue weighted by Gasteiger charge is 2.26. The maximum Gasteiger partial charge on any atom is 0.105 e. The third kappa shape index (κ3) is 1.70. The molecule has 0 aliphatic rings. The van der Waals surface area contributed by atoms with Crippen molar-refractivity contribution in [3.8, 4) is 0 Å². The summed E-state index contributed by atoms with van der Waals surface area (Å²) in [4.78, 5) is 0. The van der Waals surface area contributed by atoms with Crippen LogP contribution in [-0.2, 0) is 0 Å². The molecule has 60 valence electrons. The van der Waals surface area contributed by atoms with E-state index in [4.69, 9.17) is 5.21 Å². The SMILES string of the molecule is CCC(O)(CC)/C(C)=N\O. The lowest BCUT2D eigenvalue weighted by atomic mass is 9.93. The van der Waals surface area contributed by atoms with Crippen molar-refractivity contribution in [2.75, 3.05) is 0 Å². The Labute approximate surface area is 61.4 Å². The molecule has 3 heteroatoms. The summed E-state index contributed by atoms with van der Waals surface area (Å²) >= 11 is 0. The zero-order valence-electron chi connectivity index (χ0n) is 6.76. The van der Waals surface area contributed by atoms with E-state index in [0.29, 0.717) is 18.6 Å². The molecule has 0 saturated heterocycles. The first kappa shape index (κ1) is 9.43. The highest BCUT2D eigenvalue weighted by Crippen LogP contribution is 2.16. The monoisotopic (exact) mass is 145 g/mol. The minimum absolute atomic E-state index is 0.387. The van der Waals surface area contributed by atoms with Gasteiger partial charge in [0, 0.05) is 0 Å². The first-order valence-corrected chi connectivity index (χ1v) is 3.52. The van der Waals surface area contributed by atoms with E-state index in [0.717, 1.165) is 0 Å². The number of hydrogen-bond donors (Lipinski definition) is 2. The van der Waals surface area contributed by atoms with Crippen LogP contribution in [0.5, 0.6) is 0 Å². The molecule has 0 radical (unpaired) electrons. The van der Waals surface area contributed by atoms with Gasteiger partial charge in [-0.2, -0.15) is 0 Å². The Hall–Kier alpha value is -0.570. The normalized spacial score (nSPS) is 13.8. The van der Waals surface area contributed by atoms with E-state index in [1.807, 2.05) is 13.8 Å². The molecule has 2 N–H and O–H groups in total. The molecule has 0 aromatic carbocycles. The molecule has 0 saturated carbocycles. The van der Waals surface area contributed by atoms with Crippen molar-refractivity contribution in [3.63, 3.8) is 0 Å². The van der Waals surface area contributed by atoms with Crippen LogP contribution in [0.3, 0.4) is 0 Å². The smallest absolute Gasteiger partial charge is 0.105 e. The fourth-order valence-corrected chi connectivity index (χ4v) is 0.855. The number of hydrogen-bond acceptors (Lipinski definition) is 3. The van der Waals surface area contributed by atoms with Gasteiger partial charge in [-0.05, 0) is 19.8 Å². The summed E-state index contributed by atoms with van der Waals surface area (Å²) in [5.74, 6) is 0. The van der Waals surface area contributed by atoms with Crippen LogP contribution >= 0.6 is 0 Å². The van der Waals surface area contributed by atoms with E-state index in [-0.39, 0.29) is 0 Å². The minimum atomic E-state index is -0.908. The van der Waals surface area contributed by atoms with E-state index >= 15 is 0 Å². The van der Waals surface area contributed by atoms with E-state index in [1.165, 1.54) is 0 Å². The third-order valence-electron chi connectivity index (χ3n) is 1.99. The molecule has 3 nitrogen and oxygen atoms in total. The van der Waals surface area contributed by atoms with E-state index in [1.54, 1.807) is 6.92 Å². The standard InChI is InChI=1S/C7H15NO2/c1-4-7(9,5-2)6(3)8-10/h9-10H,4-5H2,1-3H3/b8-6-. The lowest BCUT2D eigenvalue weighted by Crippen LogP contribution is -2.35. The molecule has 0 bridgehead atoms. The molecule has 0 heterocycles. The average Bonchev–Trinajstić information content (AvgIpc) is 2.01. The van der Waals surface area contributed by atoms with Crippen molar-refractivity contribution < 1.29 is 10.3 Å². The van der Waals surface area contributed by atoms with Crippen molar-refractivity contribution in [1.29, 1.82) is 0 Å². The predicted molar refractivity (Wildman–Crippen MR) is 40.4 cm³/mol. The molecular weight excluding hydrogens is 130 g/mol. The lowest BCUT2D eigenvalue weighted by molar-refractivity contribution is 0.0984. The first-order valence-electron chi connectivity index (χ1n) is 3.52. The number of aliphatic hydroxyl groups is 1. The summed E-state index contributed by atoms with van der Waals surface area (Å²) in [6.07, 6.45) is 1.17. The van der Waals surface area contributed by atoms with E-state index < -0.39 is 5.60 Å². The maximum atomic E-state index is 9.61. The number of rotatable bonds is 3. The second kappa shape index (κ2) is 3.56. The second-order valence-corrected chi connectivity index (χ2v) is 2.42. The summed E-state index contributed by atoms with van der Waals surface area (Å²) in [5.41, 5.74) is -0.521. The topological polar surface area (TPSA) is 52.8 Å². The van der Waals surface area contributed by atoms with Crippen molar-refractivity contribution in [2.45, 2.75) is 39.2 Å². The Balaban J connectivity index is 4.32. The van der Waals surface area contributed by atoms with Crippen LogP contribution in [0.15, 0.2) is 5.16 Å². The van der Waals surface area contributed by atoms with Gasteiger partial charge in [-0.15, -0.1) is 0 Å². The largest absolute Gasteiger partial charge is 0.411 e. The van der Waals surface area contributed by atoms with E-state index in [2.05, 4.69) is 5.16 Å². The minimum Gasteiger partial charge on any atom is -0.411 e. The van der Waals surface area contributed by atoms with Crippen molar-refractivity contribution in [2.24, 2.45) is 5.16 Å². The molecule has 0 atom stereocenters. The fraction of sp³-hybridized carbons (Fsp3) is 0.857. The van der Waals surface area contributed by atoms with Gasteiger partial charge in [0.25, 0.3) is 0 Å². The predicted octanol–water partition coefficient (Wildman–Crippen LogP) is 1.39. The molecule has 0 spiro atoms. The molecule has 0 amide bonds. The molecule has 0 aromatic heterocycles. The zero-order chi connectivity index (χ0) is 8.20. The van der Waals surface area contributed by atoms with Gasteiger partial charge in [-0.1, -0.05) is 19.0 Å². The lowest BCUT2D eigenvalue weighted by Gasteiger charge is -2.23. The molecular formula is C7H15NO2. The summed E-state index contributed by atoms with van der Waals surface area (Å²) in [6.45, 7) is 5.34. The van der Waals surface area contributed by atoms with Crippen LogP contribution in [0.2, 0.25) is 0 Å². The molecule has 0 unspecified atom stereocenters. The van der Waals surface area contributed by atoms with Crippen molar-refractivity contribution in [3.05, 3.63) is 0 Å². The second-order valence-electron chi connectivity index (χ2n) is 2.42. The van der Waals surface area contributed by atoms with Crippen LogP contribution in [0, 0.1) is 0 Å². The fourth-order valence-electron chi connectivity index (χ4n) is 0.855.